The van der Waals surface area contributed by atoms with Gasteiger partial charge in [0.2, 0.25) is 0 Å². The highest BCUT2D eigenvalue weighted by Crippen LogP contribution is 2.32. The molecule has 0 spiro atoms. The molecule has 0 saturated carbocycles. The van der Waals surface area contributed by atoms with Crippen LogP contribution in [0.25, 0.3) is 22.3 Å². The molecule has 0 atom stereocenters. The maximum absolute atomic E-state index is 6.10. The molecular formula is C44H48N2O8. The zero-order valence-corrected chi connectivity index (χ0v) is 31.5. The molecule has 0 aliphatic carbocycles. The first-order valence-electron chi connectivity index (χ1n) is 18.2. The molecular weight excluding hydrogens is 684 g/mol. The summed E-state index contributed by atoms with van der Waals surface area (Å²) in [6.07, 6.45) is 0. The van der Waals surface area contributed by atoms with E-state index in [4.69, 9.17) is 37.5 Å². The third-order valence-electron chi connectivity index (χ3n) is 8.68. The molecule has 2 heterocycles. The van der Waals surface area contributed by atoms with Crippen molar-refractivity contribution in [1.29, 1.82) is 0 Å². The second-order valence-corrected chi connectivity index (χ2v) is 13.1. The first kappa shape index (κ1) is 38.5. The van der Waals surface area contributed by atoms with Crippen LogP contribution in [0.4, 0.5) is 0 Å². The lowest BCUT2D eigenvalue weighted by molar-refractivity contribution is -0.00717. The minimum Gasteiger partial charge on any atom is -0.485 e. The third kappa shape index (κ3) is 11.1. The highest BCUT2D eigenvalue weighted by Gasteiger charge is 2.13. The first-order valence-corrected chi connectivity index (χ1v) is 18.2. The van der Waals surface area contributed by atoms with E-state index in [0.29, 0.717) is 75.8 Å². The lowest BCUT2D eigenvalue weighted by Crippen LogP contribution is -2.12. The van der Waals surface area contributed by atoms with Crippen LogP contribution < -0.4 is 9.47 Å². The van der Waals surface area contributed by atoms with Crippen molar-refractivity contribution in [1.82, 2.24) is 10.3 Å². The molecule has 0 radical (unpaired) electrons. The van der Waals surface area contributed by atoms with E-state index in [0.717, 1.165) is 33.8 Å². The Labute approximate surface area is 316 Å². The predicted molar refractivity (Wildman–Crippen MR) is 205 cm³/mol. The second kappa shape index (κ2) is 19.7. The van der Waals surface area contributed by atoms with E-state index >= 15 is 0 Å². The van der Waals surface area contributed by atoms with Gasteiger partial charge in [0.25, 0.3) is 0 Å². The van der Waals surface area contributed by atoms with Crippen LogP contribution in [0.1, 0.15) is 45.2 Å². The van der Waals surface area contributed by atoms with Crippen molar-refractivity contribution in [2.45, 2.75) is 54.1 Å². The normalized spacial score (nSPS) is 11.3. The molecule has 10 nitrogen and oxygen atoms in total. The van der Waals surface area contributed by atoms with E-state index in [1.165, 1.54) is 22.3 Å². The van der Waals surface area contributed by atoms with E-state index in [2.05, 4.69) is 86.5 Å². The zero-order chi connectivity index (χ0) is 37.5. The summed E-state index contributed by atoms with van der Waals surface area (Å²) in [5, 5.41) is 8.20. The smallest absolute Gasteiger partial charge is 0.174 e. The number of aryl methyl sites for hydroxylation is 4. The Hall–Kier alpha value is -5.26. The van der Waals surface area contributed by atoms with Gasteiger partial charge in [-0.05, 0) is 96.5 Å². The molecule has 0 N–H and O–H groups in total. The lowest BCUT2D eigenvalue weighted by Gasteiger charge is -2.13. The molecule has 2 aromatic heterocycles. The van der Waals surface area contributed by atoms with Gasteiger partial charge in [-0.3, -0.25) is 0 Å². The van der Waals surface area contributed by atoms with Gasteiger partial charge in [-0.15, -0.1) is 0 Å². The SMILES string of the molecule is Cc1cc(-c2ccccc2)cc(C)c1OCc1cc(COCCOCCOCCOCc2cc(COc3c(C)cc(-c4ccccc4)cc3C)on2)no1. The van der Waals surface area contributed by atoms with Gasteiger partial charge in [-0.2, -0.15) is 0 Å². The van der Waals surface area contributed by atoms with Crippen LogP contribution in [0.2, 0.25) is 0 Å². The average molecular weight is 733 g/mol. The second-order valence-electron chi connectivity index (χ2n) is 13.1. The monoisotopic (exact) mass is 732 g/mol. The van der Waals surface area contributed by atoms with Crippen LogP contribution in [-0.4, -0.2) is 50.0 Å². The van der Waals surface area contributed by atoms with Crippen molar-refractivity contribution in [3.8, 4) is 33.8 Å². The highest BCUT2D eigenvalue weighted by atomic mass is 16.6. The first-order chi connectivity index (χ1) is 26.4. The Morgan fingerprint density at radius 1 is 0.407 bits per heavy atom. The van der Waals surface area contributed by atoms with Gasteiger partial charge < -0.3 is 37.5 Å². The minimum absolute atomic E-state index is 0.288. The molecule has 282 valence electrons. The van der Waals surface area contributed by atoms with Crippen LogP contribution in [-0.2, 0) is 45.4 Å². The molecule has 0 aliphatic heterocycles. The molecule has 6 aromatic rings. The lowest BCUT2D eigenvalue weighted by atomic mass is 10.00. The molecule has 0 fully saturated rings. The van der Waals surface area contributed by atoms with Crippen molar-refractivity contribution in [3.05, 3.63) is 142 Å². The fourth-order valence-corrected chi connectivity index (χ4v) is 6.13. The number of rotatable bonds is 21. The molecule has 0 saturated heterocycles. The van der Waals surface area contributed by atoms with Crippen LogP contribution >= 0.6 is 0 Å². The van der Waals surface area contributed by atoms with Gasteiger partial charge in [0.15, 0.2) is 11.5 Å². The van der Waals surface area contributed by atoms with Gasteiger partial charge in [0, 0.05) is 12.1 Å². The summed E-state index contributed by atoms with van der Waals surface area (Å²) >= 11 is 0. The number of aromatic nitrogens is 2. The van der Waals surface area contributed by atoms with Gasteiger partial charge >= 0.3 is 0 Å². The number of ether oxygens (including phenoxy) is 6. The topological polar surface area (TPSA) is 107 Å². The van der Waals surface area contributed by atoms with Gasteiger partial charge in [0.1, 0.15) is 36.1 Å². The Kier molecular flexibility index (Phi) is 14.0. The van der Waals surface area contributed by atoms with Crippen molar-refractivity contribution in [3.63, 3.8) is 0 Å². The van der Waals surface area contributed by atoms with E-state index in [-0.39, 0.29) is 13.2 Å². The van der Waals surface area contributed by atoms with E-state index in [1.54, 1.807) is 0 Å². The number of hydrogen-bond acceptors (Lipinski definition) is 10. The van der Waals surface area contributed by atoms with Gasteiger partial charge in [-0.1, -0.05) is 71.0 Å². The summed E-state index contributed by atoms with van der Waals surface area (Å²) in [4.78, 5) is 0. The molecule has 54 heavy (non-hydrogen) atoms. The molecule has 0 amide bonds. The van der Waals surface area contributed by atoms with Crippen LogP contribution in [0.5, 0.6) is 11.5 Å². The van der Waals surface area contributed by atoms with Gasteiger partial charge in [0.05, 0.1) is 52.9 Å². The Morgan fingerprint density at radius 3 is 1.13 bits per heavy atom. The highest BCUT2D eigenvalue weighted by molar-refractivity contribution is 5.68. The summed E-state index contributed by atoms with van der Waals surface area (Å²) in [5.74, 6) is 2.98. The van der Waals surface area contributed by atoms with Crippen molar-refractivity contribution in [2.75, 3.05) is 39.6 Å². The Morgan fingerprint density at radius 2 is 0.759 bits per heavy atom. The van der Waals surface area contributed by atoms with Crippen molar-refractivity contribution in [2.24, 2.45) is 0 Å². The zero-order valence-electron chi connectivity index (χ0n) is 31.5. The number of benzene rings is 4. The summed E-state index contributed by atoms with van der Waals surface area (Å²) in [6.45, 7) is 12.1. The molecule has 4 aromatic carbocycles. The van der Waals surface area contributed by atoms with E-state index in [1.807, 2.05) is 48.5 Å². The molecule has 10 heteroatoms. The fraction of sp³-hybridized carbons (Fsp3) is 0.318. The predicted octanol–water partition coefficient (Wildman–Crippen LogP) is 9.15. The van der Waals surface area contributed by atoms with Crippen LogP contribution in [0.3, 0.4) is 0 Å². The Balaban J connectivity index is 0.778. The average Bonchev–Trinajstić information content (AvgIpc) is 3.84. The molecule has 6 rings (SSSR count). The van der Waals surface area contributed by atoms with E-state index in [9.17, 15) is 0 Å². The number of hydrogen-bond donors (Lipinski definition) is 0. The summed E-state index contributed by atoms with van der Waals surface area (Å²) in [5.41, 5.74) is 10.4. The summed E-state index contributed by atoms with van der Waals surface area (Å²) < 4.78 is 45.7. The minimum atomic E-state index is 0.288. The number of nitrogens with zero attached hydrogens (tertiary/aromatic N) is 2. The fourth-order valence-electron chi connectivity index (χ4n) is 6.13. The van der Waals surface area contributed by atoms with Crippen molar-refractivity contribution >= 4 is 0 Å². The molecule has 0 aliphatic rings. The molecule has 0 bridgehead atoms. The van der Waals surface area contributed by atoms with E-state index < -0.39 is 0 Å². The van der Waals surface area contributed by atoms with Gasteiger partial charge in [-0.25, -0.2) is 0 Å². The summed E-state index contributed by atoms with van der Waals surface area (Å²) in [7, 11) is 0. The van der Waals surface area contributed by atoms with Crippen molar-refractivity contribution < 1.29 is 37.5 Å². The third-order valence-corrected chi connectivity index (χ3v) is 8.68. The van der Waals surface area contributed by atoms with Crippen LogP contribution in [0, 0.1) is 27.7 Å². The Bertz CT molecular complexity index is 1850. The quantitative estimate of drug-likeness (QED) is 0.0665. The van der Waals surface area contributed by atoms with Crippen LogP contribution in [0.15, 0.2) is 106 Å². The maximum atomic E-state index is 6.10. The maximum Gasteiger partial charge on any atom is 0.174 e. The molecule has 0 unspecified atom stereocenters. The summed E-state index contributed by atoms with van der Waals surface area (Å²) in [6, 6.07) is 32.9. The largest absolute Gasteiger partial charge is 0.485 e. The standard InChI is InChI=1S/C44H48N2O8/c1-31-21-37(35-11-7-5-8-12-35)22-32(2)43(31)51-29-41-25-39(45-53-41)27-49-19-17-47-15-16-48-18-20-50-28-40-26-42(54-46-40)30-52-44-33(3)23-38(24-34(44)4)36-13-9-6-10-14-36/h5-14,21-26H,15-20,27-30H2,1-4H3.